The lowest BCUT2D eigenvalue weighted by Gasteiger charge is -2.15. The molecule has 0 aromatic heterocycles. The first kappa shape index (κ1) is 19.7. The van der Waals surface area contributed by atoms with Gasteiger partial charge in [0.1, 0.15) is 0 Å². The predicted octanol–water partition coefficient (Wildman–Crippen LogP) is 4.74. The van der Waals surface area contributed by atoms with Gasteiger partial charge in [-0.25, -0.2) is 0 Å². The summed E-state index contributed by atoms with van der Waals surface area (Å²) in [6.45, 7) is 2.29. The van der Waals surface area contributed by atoms with E-state index in [0.29, 0.717) is 17.8 Å². The maximum absolute atomic E-state index is 12.6. The van der Waals surface area contributed by atoms with Crippen LogP contribution in [0, 0.1) is 0 Å². The molecule has 0 aliphatic heterocycles. The smallest absolute Gasteiger partial charge is 0.253 e. The van der Waals surface area contributed by atoms with Crippen LogP contribution in [0.2, 0.25) is 0 Å². The molecule has 5 heteroatoms. The summed E-state index contributed by atoms with van der Waals surface area (Å²) in [5.74, 6) is -0.361. The number of hydrogen-bond acceptors (Lipinski definition) is 3. The fourth-order valence-electron chi connectivity index (χ4n) is 2.65. The molecule has 0 unspecified atom stereocenters. The van der Waals surface area contributed by atoms with Crippen LogP contribution < -0.4 is 10.6 Å². The van der Waals surface area contributed by atoms with Crippen LogP contribution in [0.25, 0.3) is 0 Å². The third-order valence-corrected chi connectivity index (χ3v) is 5.26. The molecule has 28 heavy (non-hydrogen) atoms. The van der Waals surface area contributed by atoms with Gasteiger partial charge in [-0.05, 0) is 36.8 Å². The van der Waals surface area contributed by atoms with E-state index >= 15 is 0 Å². The van der Waals surface area contributed by atoms with Gasteiger partial charge in [0.25, 0.3) is 5.91 Å². The van der Waals surface area contributed by atoms with Crippen molar-refractivity contribution in [3.63, 3.8) is 0 Å². The summed E-state index contributed by atoms with van der Waals surface area (Å²) < 4.78 is 0. The second-order valence-corrected chi connectivity index (χ2v) is 7.69. The summed E-state index contributed by atoms with van der Waals surface area (Å²) in [6.07, 6.45) is 0. The van der Waals surface area contributed by atoms with Gasteiger partial charge in [0, 0.05) is 11.4 Å². The van der Waals surface area contributed by atoms with Crippen molar-refractivity contribution in [3.05, 3.63) is 96.1 Å². The minimum Gasteiger partial charge on any atom is -0.348 e. The fraction of sp³-hybridized carbons (Fsp3) is 0.130. The Morgan fingerprint density at radius 2 is 1.46 bits per heavy atom. The zero-order valence-corrected chi connectivity index (χ0v) is 16.4. The van der Waals surface area contributed by atoms with Gasteiger partial charge in [0.2, 0.25) is 5.91 Å². The first-order valence-corrected chi connectivity index (χ1v) is 9.95. The average Bonchev–Trinajstić information content (AvgIpc) is 2.74. The van der Waals surface area contributed by atoms with Crippen molar-refractivity contribution in [2.75, 3.05) is 5.32 Å². The van der Waals surface area contributed by atoms with Gasteiger partial charge in [0.05, 0.1) is 16.5 Å². The van der Waals surface area contributed by atoms with E-state index < -0.39 is 0 Å². The first-order valence-electron chi connectivity index (χ1n) is 9.07. The van der Waals surface area contributed by atoms with Gasteiger partial charge < -0.3 is 10.6 Å². The SMILES string of the molecule is C[C@@H](Sc1ccccc1)C(=O)Nc1ccccc1C(=O)NCc1ccccc1. The van der Waals surface area contributed by atoms with Crippen molar-refractivity contribution in [2.45, 2.75) is 23.6 Å². The van der Waals surface area contributed by atoms with Gasteiger partial charge >= 0.3 is 0 Å². The van der Waals surface area contributed by atoms with E-state index in [-0.39, 0.29) is 17.1 Å². The van der Waals surface area contributed by atoms with E-state index in [1.807, 2.05) is 67.6 Å². The van der Waals surface area contributed by atoms with Crippen molar-refractivity contribution in [1.82, 2.24) is 5.32 Å². The van der Waals surface area contributed by atoms with Gasteiger partial charge in [-0.1, -0.05) is 60.7 Å². The normalized spacial score (nSPS) is 11.5. The van der Waals surface area contributed by atoms with Crippen LogP contribution in [-0.4, -0.2) is 17.1 Å². The number of rotatable bonds is 7. The summed E-state index contributed by atoms with van der Waals surface area (Å²) >= 11 is 1.48. The van der Waals surface area contributed by atoms with E-state index in [2.05, 4.69) is 10.6 Å². The molecule has 0 aliphatic rings. The summed E-state index contributed by atoms with van der Waals surface area (Å²) in [5.41, 5.74) is 1.98. The molecule has 0 radical (unpaired) electrons. The van der Waals surface area contributed by atoms with Crippen molar-refractivity contribution in [1.29, 1.82) is 0 Å². The van der Waals surface area contributed by atoms with Gasteiger partial charge in [-0.2, -0.15) is 0 Å². The van der Waals surface area contributed by atoms with Crippen molar-refractivity contribution >= 4 is 29.3 Å². The van der Waals surface area contributed by atoms with Crippen molar-refractivity contribution < 1.29 is 9.59 Å². The van der Waals surface area contributed by atoms with Crippen LogP contribution in [0.4, 0.5) is 5.69 Å². The molecule has 0 saturated carbocycles. The zero-order valence-electron chi connectivity index (χ0n) is 15.6. The molecule has 3 rings (SSSR count). The number of thioether (sulfide) groups is 1. The number of para-hydroxylation sites is 1. The lowest BCUT2D eigenvalue weighted by Crippen LogP contribution is -2.27. The fourth-order valence-corrected chi connectivity index (χ4v) is 3.54. The second kappa shape index (κ2) is 9.76. The first-order chi connectivity index (χ1) is 13.6. The predicted molar refractivity (Wildman–Crippen MR) is 114 cm³/mol. The molecule has 142 valence electrons. The van der Waals surface area contributed by atoms with E-state index in [1.54, 1.807) is 24.3 Å². The lowest BCUT2D eigenvalue weighted by molar-refractivity contribution is -0.115. The third-order valence-electron chi connectivity index (χ3n) is 4.15. The highest BCUT2D eigenvalue weighted by Gasteiger charge is 2.18. The second-order valence-electron chi connectivity index (χ2n) is 6.28. The Bertz CT molecular complexity index is 930. The quantitative estimate of drug-likeness (QED) is 0.573. The average molecular weight is 391 g/mol. The molecule has 3 aromatic carbocycles. The number of nitrogens with one attached hydrogen (secondary N) is 2. The van der Waals surface area contributed by atoms with Crippen LogP contribution in [0.5, 0.6) is 0 Å². The Balaban J connectivity index is 1.64. The maximum Gasteiger partial charge on any atom is 0.253 e. The highest BCUT2D eigenvalue weighted by molar-refractivity contribution is 8.00. The van der Waals surface area contributed by atoms with Crippen molar-refractivity contribution in [2.24, 2.45) is 0 Å². The maximum atomic E-state index is 12.6. The standard InChI is InChI=1S/C23H22N2O2S/c1-17(28-19-12-6-3-7-13-19)22(26)25-21-15-9-8-14-20(21)23(27)24-16-18-10-4-2-5-11-18/h2-15,17H,16H2,1H3,(H,24,27)(H,25,26)/t17-/m1/s1. The molecule has 0 fully saturated rings. The number of anilines is 1. The molecular weight excluding hydrogens is 368 g/mol. The summed E-state index contributed by atoms with van der Waals surface area (Å²) in [7, 11) is 0. The Labute approximate surface area is 169 Å². The Morgan fingerprint density at radius 3 is 2.18 bits per heavy atom. The van der Waals surface area contributed by atoms with E-state index in [9.17, 15) is 9.59 Å². The summed E-state index contributed by atoms with van der Waals surface area (Å²) in [5, 5.41) is 5.50. The van der Waals surface area contributed by atoms with Gasteiger partial charge in [-0.3, -0.25) is 9.59 Å². The Kier molecular flexibility index (Phi) is 6.87. The molecule has 0 aliphatic carbocycles. The Morgan fingerprint density at radius 1 is 0.857 bits per heavy atom. The molecular formula is C23H22N2O2S. The van der Waals surface area contributed by atoms with Crippen LogP contribution in [-0.2, 0) is 11.3 Å². The molecule has 0 saturated heterocycles. The molecule has 4 nitrogen and oxygen atoms in total. The van der Waals surface area contributed by atoms with Gasteiger partial charge in [-0.15, -0.1) is 11.8 Å². The van der Waals surface area contributed by atoms with Crippen LogP contribution in [0.3, 0.4) is 0 Å². The highest BCUT2D eigenvalue weighted by atomic mass is 32.2. The number of benzene rings is 3. The molecule has 2 N–H and O–H groups in total. The van der Waals surface area contributed by atoms with Crippen LogP contribution >= 0.6 is 11.8 Å². The van der Waals surface area contributed by atoms with Gasteiger partial charge in [0.15, 0.2) is 0 Å². The number of hydrogen-bond donors (Lipinski definition) is 2. The third kappa shape index (κ3) is 5.47. The number of amides is 2. The topological polar surface area (TPSA) is 58.2 Å². The highest BCUT2D eigenvalue weighted by Crippen LogP contribution is 2.24. The molecule has 3 aromatic rings. The largest absolute Gasteiger partial charge is 0.348 e. The Hall–Kier alpha value is -3.05. The van der Waals surface area contributed by atoms with Crippen LogP contribution in [0.15, 0.2) is 89.8 Å². The van der Waals surface area contributed by atoms with Crippen LogP contribution in [0.1, 0.15) is 22.8 Å². The monoisotopic (exact) mass is 390 g/mol. The molecule has 0 bridgehead atoms. The minimum absolute atomic E-state index is 0.142. The molecule has 0 heterocycles. The number of carbonyl (C=O) groups is 2. The molecule has 1 atom stereocenters. The molecule has 0 spiro atoms. The van der Waals surface area contributed by atoms with E-state index in [1.165, 1.54) is 11.8 Å². The van der Waals surface area contributed by atoms with E-state index in [0.717, 1.165) is 10.5 Å². The zero-order chi connectivity index (χ0) is 19.8. The van der Waals surface area contributed by atoms with Crippen molar-refractivity contribution in [3.8, 4) is 0 Å². The number of carbonyl (C=O) groups excluding carboxylic acids is 2. The molecule has 2 amide bonds. The lowest BCUT2D eigenvalue weighted by atomic mass is 10.1. The minimum atomic E-state index is -0.289. The summed E-state index contributed by atoms with van der Waals surface area (Å²) in [4.78, 5) is 26.2. The summed E-state index contributed by atoms with van der Waals surface area (Å²) in [6, 6.07) is 26.5. The van der Waals surface area contributed by atoms with E-state index in [4.69, 9.17) is 0 Å².